The summed E-state index contributed by atoms with van der Waals surface area (Å²) in [5.74, 6) is -1.39. The van der Waals surface area contributed by atoms with Gasteiger partial charge in [-0.25, -0.2) is 8.78 Å². The Balaban J connectivity index is 1.49. The van der Waals surface area contributed by atoms with Crippen LogP contribution in [0.5, 0.6) is 5.75 Å². The van der Waals surface area contributed by atoms with E-state index in [0.29, 0.717) is 36.2 Å². The number of aromatic amines is 1. The van der Waals surface area contributed by atoms with Gasteiger partial charge in [0.05, 0.1) is 13.0 Å². The van der Waals surface area contributed by atoms with E-state index in [0.717, 1.165) is 17.2 Å². The number of hydrogen-bond acceptors (Lipinski definition) is 2. The quantitative estimate of drug-likeness (QED) is 0.409. The minimum absolute atomic E-state index is 0.387. The summed E-state index contributed by atoms with van der Waals surface area (Å²) in [5.41, 5.74) is 2.28. The highest BCUT2D eigenvalue weighted by atomic mass is 19.4. The maximum absolute atomic E-state index is 13.4. The third-order valence-corrected chi connectivity index (χ3v) is 4.26. The van der Waals surface area contributed by atoms with E-state index in [9.17, 15) is 22.0 Å². The van der Waals surface area contributed by atoms with Crippen LogP contribution in [0.3, 0.4) is 0 Å². The topological polar surface area (TPSA) is 37.0 Å². The summed E-state index contributed by atoms with van der Waals surface area (Å²) in [6.45, 7) is 0.672. The van der Waals surface area contributed by atoms with Crippen LogP contribution in [0.15, 0.2) is 42.6 Å². The summed E-state index contributed by atoms with van der Waals surface area (Å²) >= 11 is 0. The van der Waals surface area contributed by atoms with Crippen molar-refractivity contribution in [2.75, 3.05) is 13.2 Å². The number of aromatic nitrogens is 1. The van der Waals surface area contributed by atoms with Gasteiger partial charge < -0.3 is 15.0 Å². The number of benzene rings is 2. The van der Waals surface area contributed by atoms with Gasteiger partial charge in [-0.3, -0.25) is 0 Å². The van der Waals surface area contributed by atoms with Gasteiger partial charge in [-0.1, -0.05) is 12.1 Å². The molecule has 2 N–H and O–H groups in total. The summed E-state index contributed by atoms with van der Waals surface area (Å²) in [7, 11) is 0. The van der Waals surface area contributed by atoms with Crippen LogP contribution in [0.1, 0.15) is 17.5 Å². The highest BCUT2D eigenvalue weighted by Crippen LogP contribution is 2.22. The molecule has 0 aliphatic carbocycles. The SMILES string of the molecule is Fc1cc2[nH]cc(CCNCc3cccc(OCCC(F)(F)F)c3)c2cc1F. The highest BCUT2D eigenvalue weighted by molar-refractivity contribution is 5.83. The molecular weight excluding hydrogens is 379 g/mol. The molecule has 2 aromatic carbocycles. The Labute approximate surface area is 158 Å². The van der Waals surface area contributed by atoms with Gasteiger partial charge in [0.1, 0.15) is 5.75 Å². The maximum Gasteiger partial charge on any atom is 0.392 e. The summed E-state index contributed by atoms with van der Waals surface area (Å²) < 4.78 is 68.3. The maximum atomic E-state index is 13.4. The van der Waals surface area contributed by atoms with Crippen LogP contribution in [0.2, 0.25) is 0 Å². The number of hydrogen-bond donors (Lipinski definition) is 2. The van der Waals surface area contributed by atoms with E-state index < -0.39 is 30.8 Å². The lowest BCUT2D eigenvalue weighted by Gasteiger charge is -2.10. The van der Waals surface area contributed by atoms with E-state index in [1.54, 1.807) is 24.4 Å². The molecule has 150 valence electrons. The van der Waals surface area contributed by atoms with E-state index >= 15 is 0 Å². The lowest BCUT2D eigenvalue weighted by Crippen LogP contribution is -2.16. The van der Waals surface area contributed by atoms with Crippen molar-refractivity contribution in [2.24, 2.45) is 0 Å². The predicted molar refractivity (Wildman–Crippen MR) is 96.2 cm³/mol. The van der Waals surface area contributed by atoms with Gasteiger partial charge in [-0.15, -0.1) is 0 Å². The Kier molecular flexibility index (Phi) is 6.18. The van der Waals surface area contributed by atoms with Crippen molar-refractivity contribution in [1.82, 2.24) is 10.3 Å². The Morgan fingerprint density at radius 2 is 1.82 bits per heavy atom. The number of alkyl halides is 3. The van der Waals surface area contributed by atoms with Crippen molar-refractivity contribution in [3.05, 3.63) is 65.4 Å². The molecule has 0 saturated heterocycles. The normalized spacial score (nSPS) is 11.9. The van der Waals surface area contributed by atoms with Crippen LogP contribution in [0, 0.1) is 11.6 Å². The zero-order valence-corrected chi connectivity index (χ0v) is 14.9. The van der Waals surface area contributed by atoms with Gasteiger partial charge in [0.25, 0.3) is 0 Å². The average Bonchev–Trinajstić information content (AvgIpc) is 3.00. The van der Waals surface area contributed by atoms with E-state index in [4.69, 9.17) is 4.74 Å². The second-order valence-electron chi connectivity index (χ2n) is 6.41. The molecule has 28 heavy (non-hydrogen) atoms. The van der Waals surface area contributed by atoms with Crippen molar-refractivity contribution >= 4 is 10.9 Å². The van der Waals surface area contributed by atoms with Crippen molar-refractivity contribution in [3.63, 3.8) is 0 Å². The van der Waals surface area contributed by atoms with E-state index in [-0.39, 0.29) is 0 Å². The summed E-state index contributed by atoms with van der Waals surface area (Å²) in [4.78, 5) is 2.92. The van der Waals surface area contributed by atoms with Crippen LogP contribution in [0.25, 0.3) is 10.9 Å². The van der Waals surface area contributed by atoms with Crippen LogP contribution >= 0.6 is 0 Å². The van der Waals surface area contributed by atoms with Crippen molar-refractivity contribution in [3.8, 4) is 5.75 Å². The molecule has 0 bridgehead atoms. The first kappa shape index (κ1) is 20.1. The number of H-pyrrole nitrogens is 1. The predicted octanol–water partition coefficient (Wildman–Crippen LogP) is 5.11. The number of fused-ring (bicyclic) bond motifs is 1. The van der Waals surface area contributed by atoms with Crippen molar-refractivity contribution in [1.29, 1.82) is 0 Å². The van der Waals surface area contributed by atoms with E-state index in [1.807, 2.05) is 6.07 Å². The molecule has 3 nitrogen and oxygen atoms in total. The molecule has 0 spiro atoms. The smallest absolute Gasteiger partial charge is 0.392 e. The minimum atomic E-state index is -4.24. The molecule has 3 rings (SSSR count). The lowest BCUT2D eigenvalue weighted by atomic mass is 10.1. The minimum Gasteiger partial charge on any atom is -0.493 e. The second kappa shape index (κ2) is 8.60. The standard InChI is InChI=1S/C20H19F5N2O/c21-17-9-16-14(12-27-19(16)10-18(17)22)4-6-26-11-13-2-1-3-15(8-13)28-7-5-20(23,24)25/h1-3,8-10,12,26-27H,4-7,11H2. The van der Waals surface area contributed by atoms with Crippen LogP contribution in [-0.2, 0) is 13.0 Å². The fourth-order valence-electron chi connectivity index (χ4n) is 2.87. The summed E-state index contributed by atoms with van der Waals surface area (Å²) in [6.07, 6.45) is -2.91. The Bertz CT molecular complexity index is 936. The largest absolute Gasteiger partial charge is 0.493 e. The van der Waals surface area contributed by atoms with Gasteiger partial charge in [0.15, 0.2) is 11.6 Å². The molecule has 1 heterocycles. The molecule has 1 aromatic heterocycles. The molecule has 0 fully saturated rings. The van der Waals surface area contributed by atoms with Gasteiger partial charge in [0, 0.05) is 29.7 Å². The first-order valence-electron chi connectivity index (χ1n) is 8.76. The third-order valence-electron chi connectivity index (χ3n) is 4.26. The van der Waals surface area contributed by atoms with E-state index in [2.05, 4.69) is 10.3 Å². The number of ether oxygens (including phenoxy) is 1. The molecule has 0 aliphatic heterocycles. The van der Waals surface area contributed by atoms with E-state index in [1.165, 1.54) is 6.07 Å². The number of halogens is 5. The number of nitrogens with one attached hydrogen (secondary N) is 2. The highest BCUT2D eigenvalue weighted by Gasteiger charge is 2.26. The summed E-state index contributed by atoms with van der Waals surface area (Å²) in [6, 6.07) is 9.17. The Morgan fingerprint density at radius 1 is 1.04 bits per heavy atom. The van der Waals surface area contributed by atoms with Gasteiger partial charge in [-0.05, 0) is 42.3 Å². The zero-order valence-electron chi connectivity index (χ0n) is 14.9. The van der Waals surface area contributed by atoms with Crippen molar-refractivity contribution < 1.29 is 26.7 Å². The molecule has 0 unspecified atom stereocenters. The zero-order chi connectivity index (χ0) is 20.1. The van der Waals surface area contributed by atoms with Crippen LogP contribution in [0.4, 0.5) is 22.0 Å². The van der Waals surface area contributed by atoms with Gasteiger partial charge in [0.2, 0.25) is 0 Å². The lowest BCUT2D eigenvalue weighted by molar-refractivity contribution is -0.139. The molecule has 0 atom stereocenters. The Hall–Kier alpha value is -2.61. The summed E-state index contributed by atoms with van der Waals surface area (Å²) in [5, 5.41) is 3.86. The van der Waals surface area contributed by atoms with Gasteiger partial charge in [-0.2, -0.15) is 13.2 Å². The Morgan fingerprint density at radius 3 is 2.61 bits per heavy atom. The fourth-order valence-corrected chi connectivity index (χ4v) is 2.87. The first-order chi connectivity index (χ1) is 13.3. The van der Waals surface area contributed by atoms with Crippen LogP contribution < -0.4 is 10.1 Å². The molecule has 0 aliphatic rings. The molecule has 3 aromatic rings. The molecule has 0 saturated carbocycles. The monoisotopic (exact) mass is 398 g/mol. The second-order valence-corrected chi connectivity index (χ2v) is 6.41. The number of rotatable bonds is 8. The van der Waals surface area contributed by atoms with Gasteiger partial charge >= 0.3 is 6.18 Å². The average molecular weight is 398 g/mol. The molecular formula is C20H19F5N2O. The third kappa shape index (κ3) is 5.45. The molecule has 0 amide bonds. The first-order valence-corrected chi connectivity index (χ1v) is 8.76. The molecule has 0 radical (unpaired) electrons. The molecule has 8 heteroatoms. The van der Waals surface area contributed by atoms with Crippen molar-refractivity contribution in [2.45, 2.75) is 25.6 Å². The van der Waals surface area contributed by atoms with Crippen LogP contribution in [-0.4, -0.2) is 24.3 Å². The fraction of sp³-hybridized carbons (Fsp3) is 0.300.